The number of hydrogen-bond donors (Lipinski definition) is 2. The van der Waals surface area contributed by atoms with Crippen molar-refractivity contribution in [3.8, 4) is 5.75 Å². The fourth-order valence-electron chi connectivity index (χ4n) is 3.49. The minimum atomic E-state index is -0.344. The number of rotatable bonds is 9. The molecule has 1 fully saturated rings. The standard InChI is InChI=1S/C20H32FN3O2.HI/c1-16(26-18-9-5-4-8-17(18)21)14-23-19(22-2)24-15-20(12-13-25-3)10-6-7-11-20;/h4-5,8-9,16H,6-7,10-15H2,1-3H3,(H2,22,23,24);1H. The first kappa shape index (κ1) is 23.9. The van der Waals surface area contributed by atoms with Crippen LogP contribution in [0.2, 0.25) is 0 Å². The largest absolute Gasteiger partial charge is 0.486 e. The van der Waals surface area contributed by atoms with Gasteiger partial charge >= 0.3 is 0 Å². The molecule has 0 aliphatic heterocycles. The van der Waals surface area contributed by atoms with Gasteiger partial charge in [-0.3, -0.25) is 4.99 Å². The molecule has 0 bridgehead atoms. The zero-order valence-electron chi connectivity index (χ0n) is 16.6. The third-order valence-electron chi connectivity index (χ3n) is 5.08. The minimum absolute atomic E-state index is 0. The zero-order chi connectivity index (χ0) is 18.8. The highest BCUT2D eigenvalue weighted by atomic mass is 127. The smallest absolute Gasteiger partial charge is 0.191 e. The summed E-state index contributed by atoms with van der Waals surface area (Å²) in [4.78, 5) is 4.29. The number of nitrogens with zero attached hydrogens (tertiary/aromatic N) is 1. The van der Waals surface area contributed by atoms with E-state index in [9.17, 15) is 4.39 Å². The molecule has 2 N–H and O–H groups in total. The van der Waals surface area contributed by atoms with Crippen molar-refractivity contribution < 1.29 is 13.9 Å². The first-order valence-electron chi connectivity index (χ1n) is 9.43. The van der Waals surface area contributed by atoms with E-state index < -0.39 is 0 Å². The van der Waals surface area contributed by atoms with E-state index in [0.29, 0.717) is 12.0 Å². The maximum atomic E-state index is 13.7. The van der Waals surface area contributed by atoms with Gasteiger partial charge in [-0.2, -0.15) is 0 Å². The molecule has 0 heterocycles. The molecule has 0 aromatic heterocycles. The van der Waals surface area contributed by atoms with E-state index in [1.807, 2.05) is 6.92 Å². The highest BCUT2D eigenvalue weighted by molar-refractivity contribution is 14.0. The quantitative estimate of drug-likeness (QED) is 0.311. The second-order valence-electron chi connectivity index (χ2n) is 7.12. The molecule has 1 unspecified atom stereocenters. The third-order valence-corrected chi connectivity index (χ3v) is 5.08. The van der Waals surface area contributed by atoms with Gasteiger partial charge in [0.15, 0.2) is 17.5 Å². The first-order valence-corrected chi connectivity index (χ1v) is 9.43. The molecular formula is C20H33FIN3O2. The van der Waals surface area contributed by atoms with Gasteiger partial charge in [0.25, 0.3) is 0 Å². The molecule has 1 aromatic carbocycles. The first-order chi connectivity index (χ1) is 12.6. The Morgan fingerprint density at radius 3 is 2.59 bits per heavy atom. The maximum absolute atomic E-state index is 13.7. The Morgan fingerprint density at radius 1 is 1.26 bits per heavy atom. The van der Waals surface area contributed by atoms with Crippen molar-refractivity contribution in [2.45, 2.75) is 45.1 Å². The maximum Gasteiger partial charge on any atom is 0.191 e. The second kappa shape index (κ2) is 12.4. The molecule has 0 saturated heterocycles. The van der Waals surface area contributed by atoms with E-state index in [0.717, 1.165) is 25.5 Å². The van der Waals surface area contributed by atoms with Gasteiger partial charge in [0.1, 0.15) is 6.10 Å². The summed E-state index contributed by atoms with van der Waals surface area (Å²) < 4.78 is 24.6. The van der Waals surface area contributed by atoms with Gasteiger partial charge in [0.2, 0.25) is 0 Å². The number of methoxy groups -OCH3 is 1. The Balaban J connectivity index is 0.00000364. The van der Waals surface area contributed by atoms with Gasteiger partial charge in [0, 0.05) is 27.3 Å². The SMILES string of the molecule is CN=C(NCC(C)Oc1ccccc1F)NCC1(CCOC)CCCC1.I. The Kier molecular flexibility index (Phi) is 11.0. The molecule has 0 amide bonds. The van der Waals surface area contributed by atoms with Gasteiger partial charge in [-0.05, 0) is 43.7 Å². The van der Waals surface area contributed by atoms with Gasteiger partial charge in [-0.25, -0.2) is 4.39 Å². The fraction of sp³-hybridized carbons (Fsp3) is 0.650. The average molecular weight is 493 g/mol. The van der Waals surface area contributed by atoms with Crippen molar-refractivity contribution in [3.63, 3.8) is 0 Å². The Labute approximate surface area is 179 Å². The van der Waals surface area contributed by atoms with Gasteiger partial charge in [0.05, 0.1) is 6.54 Å². The second-order valence-corrected chi connectivity index (χ2v) is 7.12. The van der Waals surface area contributed by atoms with E-state index in [-0.39, 0.29) is 41.6 Å². The van der Waals surface area contributed by atoms with Crippen LogP contribution in [0.5, 0.6) is 5.75 Å². The predicted octanol–water partition coefficient (Wildman–Crippen LogP) is 3.97. The molecule has 1 aliphatic carbocycles. The molecule has 7 heteroatoms. The van der Waals surface area contributed by atoms with Crippen molar-refractivity contribution in [2.75, 3.05) is 33.9 Å². The molecule has 1 aliphatic rings. The number of ether oxygens (including phenoxy) is 2. The molecule has 154 valence electrons. The highest BCUT2D eigenvalue weighted by Crippen LogP contribution is 2.40. The molecule has 0 spiro atoms. The van der Waals surface area contributed by atoms with Crippen LogP contribution in [0.15, 0.2) is 29.3 Å². The third kappa shape index (κ3) is 7.81. The van der Waals surface area contributed by atoms with Gasteiger partial charge < -0.3 is 20.1 Å². The van der Waals surface area contributed by atoms with Crippen molar-refractivity contribution in [1.29, 1.82) is 0 Å². The number of hydrogen-bond acceptors (Lipinski definition) is 3. The molecular weight excluding hydrogens is 460 g/mol. The molecule has 0 radical (unpaired) electrons. The van der Waals surface area contributed by atoms with Crippen LogP contribution in [0.1, 0.15) is 39.0 Å². The lowest BCUT2D eigenvalue weighted by atomic mass is 9.83. The molecule has 1 saturated carbocycles. The summed E-state index contributed by atoms with van der Waals surface area (Å²) >= 11 is 0. The van der Waals surface area contributed by atoms with E-state index >= 15 is 0 Å². The lowest BCUT2D eigenvalue weighted by molar-refractivity contribution is 0.138. The van der Waals surface area contributed by atoms with E-state index in [1.54, 1.807) is 32.4 Å². The van der Waals surface area contributed by atoms with Crippen LogP contribution in [0.25, 0.3) is 0 Å². The zero-order valence-corrected chi connectivity index (χ0v) is 18.9. The summed E-state index contributed by atoms with van der Waals surface area (Å²) in [5.41, 5.74) is 0.295. The van der Waals surface area contributed by atoms with E-state index in [4.69, 9.17) is 9.47 Å². The number of nitrogens with one attached hydrogen (secondary N) is 2. The van der Waals surface area contributed by atoms with Crippen LogP contribution in [-0.4, -0.2) is 45.9 Å². The van der Waals surface area contributed by atoms with Crippen molar-refractivity contribution in [2.24, 2.45) is 10.4 Å². The summed E-state index contributed by atoms with van der Waals surface area (Å²) in [6, 6.07) is 6.45. The summed E-state index contributed by atoms with van der Waals surface area (Å²) in [5.74, 6) is 0.676. The van der Waals surface area contributed by atoms with Crippen LogP contribution in [0.3, 0.4) is 0 Å². The van der Waals surface area contributed by atoms with Crippen LogP contribution in [0.4, 0.5) is 4.39 Å². The Morgan fingerprint density at radius 2 is 1.96 bits per heavy atom. The predicted molar refractivity (Wildman–Crippen MR) is 119 cm³/mol. The van der Waals surface area contributed by atoms with Gasteiger partial charge in [-0.1, -0.05) is 25.0 Å². The Bertz CT molecular complexity index is 580. The summed E-state index contributed by atoms with van der Waals surface area (Å²) in [5, 5.41) is 6.71. The minimum Gasteiger partial charge on any atom is -0.486 e. The average Bonchev–Trinajstić information content (AvgIpc) is 3.11. The summed E-state index contributed by atoms with van der Waals surface area (Å²) in [6.07, 6.45) is 5.91. The number of halogens is 2. The number of guanidine groups is 1. The monoisotopic (exact) mass is 493 g/mol. The highest BCUT2D eigenvalue weighted by Gasteiger charge is 2.33. The molecule has 5 nitrogen and oxygen atoms in total. The number of benzene rings is 1. The summed E-state index contributed by atoms with van der Waals surface area (Å²) in [6.45, 7) is 4.13. The van der Waals surface area contributed by atoms with Crippen molar-refractivity contribution in [3.05, 3.63) is 30.1 Å². The van der Waals surface area contributed by atoms with Crippen LogP contribution in [0, 0.1) is 11.2 Å². The van der Waals surface area contributed by atoms with Crippen LogP contribution >= 0.6 is 24.0 Å². The lowest BCUT2D eigenvalue weighted by Crippen LogP contribution is -2.45. The molecule has 27 heavy (non-hydrogen) atoms. The number of aliphatic imine (C=N–C) groups is 1. The normalized spacial score (nSPS) is 17.1. The van der Waals surface area contributed by atoms with Crippen LogP contribution in [-0.2, 0) is 4.74 Å². The number of para-hydroxylation sites is 1. The van der Waals surface area contributed by atoms with E-state index in [1.165, 1.54) is 31.7 Å². The summed E-state index contributed by atoms with van der Waals surface area (Å²) in [7, 11) is 3.52. The topological polar surface area (TPSA) is 54.9 Å². The molecule has 2 rings (SSSR count). The van der Waals surface area contributed by atoms with Crippen molar-refractivity contribution >= 4 is 29.9 Å². The van der Waals surface area contributed by atoms with Gasteiger partial charge in [-0.15, -0.1) is 24.0 Å². The fourth-order valence-corrected chi connectivity index (χ4v) is 3.49. The van der Waals surface area contributed by atoms with Crippen molar-refractivity contribution in [1.82, 2.24) is 10.6 Å². The lowest BCUT2D eigenvalue weighted by Gasteiger charge is -2.30. The molecule has 1 atom stereocenters. The Hall–Kier alpha value is -1.09. The van der Waals surface area contributed by atoms with Crippen LogP contribution < -0.4 is 15.4 Å². The molecule has 1 aromatic rings. The van der Waals surface area contributed by atoms with E-state index in [2.05, 4.69) is 15.6 Å².